The van der Waals surface area contributed by atoms with Crippen LogP contribution in [0.1, 0.15) is 13.8 Å². The van der Waals surface area contributed by atoms with Gasteiger partial charge in [-0.3, -0.25) is 0 Å². The highest BCUT2D eigenvalue weighted by atomic mass is 32.2. The molecule has 3 aromatic rings. The van der Waals surface area contributed by atoms with Crippen molar-refractivity contribution >= 4 is 22.7 Å². The number of benzene rings is 2. The second-order valence-corrected chi connectivity index (χ2v) is 7.86. The molecule has 0 amide bonds. The Labute approximate surface area is 148 Å². The molecule has 1 aromatic heterocycles. The Morgan fingerprint density at radius 1 is 0.958 bits per heavy atom. The maximum Gasteiger partial charge on any atom is 0.105 e. The average Bonchev–Trinajstić information content (AvgIpc) is 2.60. The molecule has 3 rings (SSSR count). The minimum atomic E-state index is 0.117. The van der Waals surface area contributed by atoms with Gasteiger partial charge in [-0.2, -0.15) is 0 Å². The van der Waals surface area contributed by atoms with Crippen LogP contribution in [-0.4, -0.2) is 35.3 Å². The molecule has 0 aliphatic heterocycles. The normalized spacial score (nSPS) is 12.0. The van der Waals surface area contributed by atoms with Crippen molar-refractivity contribution in [1.82, 2.24) is 9.88 Å². The zero-order valence-corrected chi connectivity index (χ0v) is 15.6. The summed E-state index contributed by atoms with van der Waals surface area (Å²) in [6.07, 6.45) is 0. The standard InChI is InChI=1S/C21H24N2S/c1-21(2,23(3)4)15-24-20-18(16-10-6-5-7-11-16)14-17-12-8-9-13-19(17)22-20/h5-14H,15H2,1-4H3. The quantitative estimate of drug-likeness (QED) is 0.586. The van der Waals surface area contributed by atoms with Crippen LogP contribution in [0.5, 0.6) is 0 Å². The van der Waals surface area contributed by atoms with E-state index in [2.05, 4.69) is 93.5 Å². The van der Waals surface area contributed by atoms with E-state index in [4.69, 9.17) is 4.98 Å². The monoisotopic (exact) mass is 336 g/mol. The van der Waals surface area contributed by atoms with E-state index in [1.165, 1.54) is 16.5 Å². The summed E-state index contributed by atoms with van der Waals surface area (Å²) in [5.74, 6) is 0.991. The Morgan fingerprint density at radius 3 is 2.33 bits per heavy atom. The molecule has 0 spiro atoms. The minimum absolute atomic E-state index is 0.117. The van der Waals surface area contributed by atoms with Gasteiger partial charge in [-0.15, -0.1) is 11.8 Å². The summed E-state index contributed by atoms with van der Waals surface area (Å²) in [6.45, 7) is 4.53. The lowest BCUT2D eigenvalue weighted by Crippen LogP contribution is -2.40. The molecule has 24 heavy (non-hydrogen) atoms. The summed E-state index contributed by atoms with van der Waals surface area (Å²) in [6, 6.07) is 21.2. The van der Waals surface area contributed by atoms with E-state index in [-0.39, 0.29) is 5.54 Å². The molecule has 2 aromatic carbocycles. The Kier molecular flexibility index (Phi) is 4.93. The predicted octanol–water partition coefficient (Wildman–Crippen LogP) is 5.33. The third-order valence-electron chi connectivity index (χ3n) is 4.55. The lowest BCUT2D eigenvalue weighted by Gasteiger charge is -2.32. The molecule has 0 fully saturated rings. The van der Waals surface area contributed by atoms with Gasteiger partial charge in [0, 0.05) is 22.2 Å². The maximum atomic E-state index is 4.96. The highest BCUT2D eigenvalue weighted by Crippen LogP contribution is 2.34. The molecule has 0 aliphatic rings. The highest BCUT2D eigenvalue weighted by Gasteiger charge is 2.22. The molecular formula is C21H24N2S. The zero-order chi connectivity index (χ0) is 17.2. The molecule has 0 bridgehead atoms. The fourth-order valence-electron chi connectivity index (χ4n) is 2.41. The number of para-hydroxylation sites is 1. The first-order valence-electron chi connectivity index (χ1n) is 8.23. The van der Waals surface area contributed by atoms with E-state index in [1.807, 2.05) is 11.8 Å². The van der Waals surface area contributed by atoms with Gasteiger partial charge >= 0.3 is 0 Å². The molecule has 0 atom stereocenters. The molecule has 0 N–H and O–H groups in total. The molecule has 0 saturated heterocycles. The third kappa shape index (κ3) is 3.63. The van der Waals surface area contributed by atoms with Crippen molar-refractivity contribution in [3.8, 4) is 11.1 Å². The van der Waals surface area contributed by atoms with Crippen LogP contribution in [0.2, 0.25) is 0 Å². The fraction of sp³-hybridized carbons (Fsp3) is 0.286. The molecule has 0 aliphatic carbocycles. The molecular weight excluding hydrogens is 312 g/mol. The van der Waals surface area contributed by atoms with Crippen LogP contribution < -0.4 is 0 Å². The molecule has 0 radical (unpaired) electrons. The van der Waals surface area contributed by atoms with Crippen LogP contribution in [0.25, 0.3) is 22.0 Å². The van der Waals surface area contributed by atoms with Crippen LogP contribution in [0.4, 0.5) is 0 Å². The second kappa shape index (κ2) is 6.96. The molecule has 0 saturated carbocycles. The molecule has 2 nitrogen and oxygen atoms in total. The smallest absolute Gasteiger partial charge is 0.105 e. The van der Waals surface area contributed by atoms with Crippen molar-refractivity contribution in [2.24, 2.45) is 0 Å². The predicted molar refractivity (Wildman–Crippen MR) is 106 cm³/mol. The van der Waals surface area contributed by atoms with Gasteiger partial charge in [-0.25, -0.2) is 4.98 Å². The van der Waals surface area contributed by atoms with Crippen molar-refractivity contribution in [2.45, 2.75) is 24.4 Å². The lowest BCUT2D eigenvalue weighted by molar-refractivity contribution is 0.224. The Balaban J connectivity index is 2.04. The lowest BCUT2D eigenvalue weighted by atomic mass is 10.1. The summed E-state index contributed by atoms with van der Waals surface area (Å²) < 4.78 is 0. The number of hydrogen-bond donors (Lipinski definition) is 0. The van der Waals surface area contributed by atoms with E-state index in [0.717, 1.165) is 16.3 Å². The topological polar surface area (TPSA) is 16.1 Å². The fourth-order valence-corrected chi connectivity index (χ4v) is 3.65. The molecule has 124 valence electrons. The van der Waals surface area contributed by atoms with Gasteiger partial charge in [0.1, 0.15) is 5.03 Å². The minimum Gasteiger partial charge on any atom is -0.303 e. The first kappa shape index (κ1) is 17.0. The van der Waals surface area contributed by atoms with Crippen LogP contribution in [0.3, 0.4) is 0 Å². The van der Waals surface area contributed by atoms with Crippen molar-refractivity contribution in [2.75, 3.05) is 19.8 Å². The van der Waals surface area contributed by atoms with Gasteiger partial charge in [0.05, 0.1) is 5.52 Å². The third-order valence-corrected chi connectivity index (χ3v) is 5.98. The van der Waals surface area contributed by atoms with Gasteiger partial charge in [0.2, 0.25) is 0 Å². The van der Waals surface area contributed by atoms with Crippen LogP contribution >= 0.6 is 11.8 Å². The first-order valence-corrected chi connectivity index (χ1v) is 9.21. The van der Waals surface area contributed by atoms with Crippen LogP contribution in [0.15, 0.2) is 65.7 Å². The van der Waals surface area contributed by atoms with Crippen LogP contribution in [0, 0.1) is 0 Å². The Bertz CT molecular complexity index is 826. The van der Waals surface area contributed by atoms with Gasteiger partial charge in [-0.05, 0) is 45.6 Å². The van der Waals surface area contributed by atoms with Crippen molar-refractivity contribution < 1.29 is 0 Å². The second-order valence-electron chi connectivity index (χ2n) is 6.90. The van der Waals surface area contributed by atoms with Gasteiger partial charge in [0.25, 0.3) is 0 Å². The van der Waals surface area contributed by atoms with E-state index in [0.29, 0.717) is 0 Å². The maximum absolute atomic E-state index is 4.96. The number of nitrogens with zero attached hydrogens (tertiary/aromatic N) is 2. The van der Waals surface area contributed by atoms with E-state index in [1.54, 1.807) is 0 Å². The number of pyridine rings is 1. The zero-order valence-electron chi connectivity index (χ0n) is 14.8. The molecule has 1 heterocycles. The molecule has 3 heteroatoms. The number of fused-ring (bicyclic) bond motifs is 1. The van der Waals surface area contributed by atoms with Crippen LogP contribution in [-0.2, 0) is 0 Å². The summed E-state index contributed by atoms with van der Waals surface area (Å²) in [5.41, 5.74) is 3.61. The number of rotatable bonds is 5. The van der Waals surface area contributed by atoms with Crippen molar-refractivity contribution in [1.29, 1.82) is 0 Å². The van der Waals surface area contributed by atoms with Gasteiger partial charge in [-0.1, -0.05) is 48.5 Å². The number of hydrogen-bond acceptors (Lipinski definition) is 3. The summed E-state index contributed by atoms with van der Waals surface area (Å²) >= 11 is 1.84. The summed E-state index contributed by atoms with van der Waals surface area (Å²) in [4.78, 5) is 7.23. The first-order chi connectivity index (χ1) is 11.5. The largest absolute Gasteiger partial charge is 0.303 e. The Hall–Kier alpha value is -1.84. The van der Waals surface area contributed by atoms with Gasteiger partial charge < -0.3 is 4.90 Å². The summed E-state index contributed by atoms with van der Waals surface area (Å²) in [5, 5.41) is 2.29. The van der Waals surface area contributed by atoms with E-state index in [9.17, 15) is 0 Å². The number of aromatic nitrogens is 1. The van der Waals surface area contributed by atoms with E-state index < -0.39 is 0 Å². The highest BCUT2D eigenvalue weighted by molar-refractivity contribution is 7.99. The number of thioether (sulfide) groups is 1. The molecule has 0 unspecified atom stereocenters. The van der Waals surface area contributed by atoms with Crippen molar-refractivity contribution in [3.05, 3.63) is 60.7 Å². The average molecular weight is 337 g/mol. The Morgan fingerprint density at radius 2 is 1.62 bits per heavy atom. The SMILES string of the molecule is CN(C)C(C)(C)CSc1nc2ccccc2cc1-c1ccccc1. The summed E-state index contributed by atoms with van der Waals surface area (Å²) in [7, 11) is 4.26. The van der Waals surface area contributed by atoms with Gasteiger partial charge in [0.15, 0.2) is 0 Å². The van der Waals surface area contributed by atoms with E-state index >= 15 is 0 Å². The van der Waals surface area contributed by atoms with Crippen molar-refractivity contribution in [3.63, 3.8) is 0 Å².